The van der Waals surface area contributed by atoms with Crippen LogP contribution in [0.4, 0.5) is 8.78 Å². The SMILES string of the molecule is COc1nc(CN)cc(C(F)F)c1C. The van der Waals surface area contributed by atoms with Gasteiger partial charge in [-0.05, 0) is 13.0 Å². The first-order valence-corrected chi connectivity index (χ1v) is 4.12. The number of nitrogens with zero attached hydrogens (tertiary/aromatic N) is 1. The van der Waals surface area contributed by atoms with Crippen LogP contribution < -0.4 is 10.5 Å². The van der Waals surface area contributed by atoms with Crippen LogP contribution in [0, 0.1) is 6.92 Å². The molecule has 0 saturated carbocycles. The maximum absolute atomic E-state index is 12.5. The maximum atomic E-state index is 12.5. The molecule has 0 spiro atoms. The fourth-order valence-electron chi connectivity index (χ4n) is 1.19. The van der Waals surface area contributed by atoms with Gasteiger partial charge in [-0.2, -0.15) is 0 Å². The Morgan fingerprint density at radius 2 is 2.21 bits per heavy atom. The summed E-state index contributed by atoms with van der Waals surface area (Å²) in [6, 6.07) is 1.31. The summed E-state index contributed by atoms with van der Waals surface area (Å²) in [6.07, 6.45) is -2.53. The lowest BCUT2D eigenvalue weighted by molar-refractivity contribution is 0.149. The van der Waals surface area contributed by atoms with Gasteiger partial charge in [0.25, 0.3) is 6.43 Å². The van der Waals surface area contributed by atoms with Crippen molar-refractivity contribution in [3.05, 3.63) is 22.9 Å². The predicted octanol–water partition coefficient (Wildman–Crippen LogP) is 1.79. The van der Waals surface area contributed by atoms with Gasteiger partial charge in [0.2, 0.25) is 5.88 Å². The third-order valence-electron chi connectivity index (χ3n) is 1.96. The molecule has 0 amide bonds. The zero-order valence-corrected chi connectivity index (χ0v) is 8.05. The Bertz CT molecular complexity index is 329. The summed E-state index contributed by atoms with van der Waals surface area (Å²) in [5.41, 5.74) is 6.02. The van der Waals surface area contributed by atoms with E-state index in [0.29, 0.717) is 11.3 Å². The molecule has 0 atom stereocenters. The van der Waals surface area contributed by atoms with Gasteiger partial charge in [-0.15, -0.1) is 0 Å². The average molecular weight is 202 g/mol. The molecule has 78 valence electrons. The molecule has 0 radical (unpaired) electrons. The highest BCUT2D eigenvalue weighted by molar-refractivity contribution is 5.36. The van der Waals surface area contributed by atoms with Crippen molar-refractivity contribution >= 4 is 0 Å². The number of ether oxygens (including phenoxy) is 1. The fourth-order valence-corrected chi connectivity index (χ4v) is 1.19. The first kappa shape index (κ1) is 10.8. The smallest absolute Gasteiger partial charge is 0.264 e. The Balaban J connectivity index is 3.27. The third-order valence-corrected chi connectivity index (χ3v) is 1.96. The van der Waals surface area contributed by atoms with Gasteiger partial charge in [-0.1, -0.05) is 0 Å². The summed E-state index contributed by atoms with van der Waals surface area (Å²) >= 11 is 0. The van der Waals surface area contributed by atoms with Gasteiger partial charge in [-0.25, -0.2) is 13.8 Å². The molecule has 0 aromatic carbocycles. The van der Waals surface area contributed by atoms with E-state index in [-0.39, 0.29) is 18.0 Å². The molecule has 2 N–H and O–H groups in total. The summed E-state index contributed by atoms with van der Waals surface area (Å²) in [6.45, 7) is 1.67. The number of halogens is 2. The Morgan fingerprint density at radius 1 is 1.57 bits per heavy atom. The molecule has 1 rings (SSSR count). The number of rotatable bonds is 3. The zero-order chi connectivity index (χ0) is 10.7. The van der Waals surface area contributed by atoms with Crippen molar-refractivity contribution in [3.8, 4) is 5.88 Å². The molecule has 0 saturated heterocycles. The topological polar surface area (TPSA) is 48.1 Å². The van der Waals surface area contributed by atoms with E-state index in [1.807, 2.05) is 0 Å². The second kappa shape index (κ2) is 4.32. The Kier molecular flexibility index (Phi) is 3.35. The van der Waals surface area contributed by atoms with Crippen LogP contribution in [0.5, 0.6) is 5.88 Å². The number of pyridine rings is 1. The molecule has 0 aliphatic rings. The van der Waals surface area contributed by atoms with Gasteiger partial charge in [0.1, 0.15) is 0 Å². The highest BCUT2D eigenvalue weighted by Gasteiger charge is 2.16. The van der Waals surface area contributed by atoms with E-state index >= 15 is 0 Å². The van der Waals surface area contributed by atoms with Crippen LogP contribution in [0.25, 0.3) is 0 Å². The van der Waals surface area contributed by atoms with Crippen LogP contribution >= 0.6 is 0 Å². The number of alkyl halides is 2. The standard InChI is InChI=1S/C9H12F2N2O/c1-5-7(8(10)11)3-6(4-12)13-9(5)14-2/h3,8H,4,12H2,1-2H3. The molecule has 5 heteroatoms. The van der Waals surface area contributed by atoms with Crippen molar-refractivity contribution in [2.75, 3.05) is 7.11 Å². The van der Waals surface area contributed by atoms with Crippen molar-refractivity contribution in [1.82, 2.24) is 4.98 Å². The molecule has 0 aliphatic carbocycles. The maximum Gasteiger partial charge on any atom is 0.264 e. The summed E-state index contributed by atoms with van der Waals surface area (Å²) < 4.78 is 30.0. The monoisotopic (exact) mass is 202 g/mol. The highest BCUT2D eigenvalue weighted by atomic mass is 19.3. The molecule has 0 fully saturated rings. The molecular weight excluding hydrogens is 190 g/mol. The van der Waals surface area contributed by atoms with E-state index in [9.17, 15) is 8.78 Å². The van der Waals surface area contributed by atoms with Crippen molar-refractivity contribution in [3.63, 3.8) is 0 Å². The highest BCUT2D eigenvalue weighted by Crippen LogP contribution is 2.28. The minimum atomic E-state index is -2.53. The average Bonchev–Trinajstić information content (AvgIpc) is 2.17. The molecule has 1 aromatic rings. The molecule has 14 heavy (non-hydrogen) atoms. The fraction of sp³-hybridized carbons (Fsp3) is 0.444. The second-order valence-corrected chi connectivity index (χ2v) is 2.84. The molecular formula is C9H12F2N2O. The van der Waals surface area contributed by atoms with Crippen LogP contribution in [0.2, 0.25) is 0 Å². The van der Waals surface area contributed by atoms with Crippen LogP contribution in [-0.2, 0) is 6.54 Å². The van der Waals surface area contributed by atoms with E-state index in [2.05, 4.69) is 4.98 Å². The van der Waals surface area contributed by atoms with Crippen molar-refractivity contribution in [2.45, 2.75) is 19.9 Å². The minimum absolute atomic E-state index is 0.0719. The van der Waals surface area contributed by atoms with Crippen molar-refractivity contribution < 1.29 is 13.5 Å². The predicted molar refractivity (Wildman–Crippen MR) is 48.4 cm³/mol. The van der Waals surface area contributed by atoms with Gasteiger partial charge in [0.15, 0.2) is 0 Å². The Morgan fingerprint density at radius 3 is 2.64 bits per heavy atom. The number of aromatic nitrogens is 1. The lowest BCUT2D eigenvalue weighted by Crippen LogP contribution is -2.05. The summed E-state index contributed by atoms with van der Waals surface area (Å²) in [5, 5.41) is 0. The summed E-state index contributed by atoms with van der Waals surface area (Å²) in [4.78, 5) is 3.97. The normalized spacial score (nSPS) is 10.7. The van der Waals surface area contributed by atoms with Crippen LogP contribution in [-0.4, -0.2) is 12.1 Å². The van der Waals surface area contributed by atoms with E-state index in [1.54, 1.807) is 6.92 Å². The van der Waals surface area contributed by atoms with Crippen LogP contribution in [0.3, 0.4) is 0 Å². The quantitative estimate of drug-likeness (QED) is 0.812. The number of hydrogen-bond donors (Lipinski definition) is 1. The van der Waals surface area contributed by atoms with Crippen molar-refractivity contribution in [2.24, 2.45) is 5.73 Å². The first-order valence-electron chi connectivity index (χ1n) is 4.12. The molecule has 3 nitrogen and oxygen atoms in total. The molecule has 0 bridgehead atoms. The largest absolute Gasteiger partial charge is 0.481 e. The van der Waals surface area contributed by atoms with Gasteiger partial charge >= 0.3 is 0 Å². The number of hydrogen-bond acceptors (Lipinski definition) is 3. The van der Waals surface area contributed by atoms with E-state index in [4.69, 9.17) is 10.5 Å². The second-order valence-electron chi connectivity index (χ2n) is 2.84. The Hall–Kier alpha value is -1.23. The minimum Gasteiger partial charge on any atom is -0.481 e. The third kappa shape index (κ3) is 1.98. The van der Waals surface area contributed by atoms with Gasteiger partial charge in [-0.3, -0.25) is 0 Å². The van der Waals surface area contributed by atoms with Gasteiger partial charge < -0.3 is 10.5 Å². The van der Waals surface area contributed by atoms with Crippen LogP contribution in [0.1, 0.15) is 23.2 Å². The van der Waals surface area contributed by atoms with Gasteiger partial charge in [0, 0.05) is 17.7 Å². The lowest BCUT2D eigenvalue weighted by atomic mass is 10.1. The molecule has 0 aliphatic heterocycles. The number of nitrogens with two attached hydrogens (primary N) is 1. The van der Waals surface area contributed by atoms with Crippen LogP contribution in [0.15, 0.2) is 6.07 Å². The summed E-state index contributed by atoms with van der Waals surface area (Å²) in [7, 11) is 1.39. The van der Waals surface area contributed by atoms with E-state index < -0.39 is 6.43 Å². The van der Waals surface area contributed by atoms with E-state index in [1.165, 1.54) is 13.2 Å². The Labute approximate surface area is 80.9 Å². The van der Waals surface area contributed by atoms with Crippen molar-refractivity contribution in [1.29, 1.82) is 0 Å². The van der Waals surface area contributed by atoms with E-state index in [0.717, 1.165) is 0 Å². The number of methoxy groups -OCH3 is 1. The molecule has 0 unspecified atom stereocenters. The van der Waals surface area contributed by atoms with Gasteiger partial charge in [0.05, 0.1) is 12.8 Å². The lowest BCUT2D eigenvalue weighted by Gasteiger charge is -2.10. The summed E-state index contributed by atoms with van der Waals surface area (Å²) in [5.74, 6) is 0.211. The molecule has 1 aromatic heterocycles. The zero-order valence-electron chi connectivity index (χ0n) is 8.05. The first-order chi connectivity index (χ1) is 6.60. The molecule has 1 heterocycles.